The molecule has 0 bridgehead atoms. The predicted octanol–water partition coefficient (Wildman–Crippen LogP) is 3.53. The molecule has 1 unspecified atom stereocenters. The molecule has 3 aromatic rings. The van der Waals surface area contributed by atoms with E-state index in [-0.39, 0.29) is 17.1 Å². The quantitative estimate of drug-likeness (QED) is 0.461. The fraction of sp³-hybridized carbons (Fsp3) is 0.217. The van der Waals surface area contributed by atoms with Gasteiger partial charge in [0.15, 0.2) is 5.54 Å². The lowest BCUT2D eigenvalue weighted by Gasteiger charge is -2.26. The van der Waals surface area contributed by atoms with Crippen LogP contribution in [-0.2, 0) is 23.6 Å². The highest BCUT2D eigenvalue weighted by molar-refractivity contribution is 6.31. The van der Waals surface area contributed by atoms with Crippen molar-refractivity contribution < 1.29 is 27.6 Å². The minimum atomic E-state index is -4.50. The number of imide groups is 1. The second-order valence-corrected chi connectivity index (χ2v) is 8.46. The summed E-state index contributed by atoms with van der Waals surface area (Å²) in [5, 5.41) is 11.8. The summed E-state index contributed by atoms with van der Waals surface area (Å²) in [6, 6.07) is 7.96. The van der Waals surface area contributed by atoms with Crippen LogP contribution in [0.5, 0.6) is 0 Å². The number of carbonyl (C=O) groups is 3. The maximum absolute atomic E-state index is 13.2. The van der Waals surface area contributed by atoms with Gasteiger partial charge in [-0.2, -0.15) is 18.3 Å². The van der Waals surface area contributed by atoms with Gasteiger partial charge >= 0.3 is 12.2 Å². The van der Waals surface area contributed by atoms with E-state index in [1.54, 1.807) is 14.0 Å². The number of halogens is 4. The van der Waals surface area contributed by atoms with Crippen LogP contribution in [0.4, 0.5) is 18.0 Å². The Labute approximate surface area is 202 Å². The van der Waals surface area contributed by atoms with Gasteiger partial charge in [0.25, 0.3) is 11.8 Å². The summed E-state index contributed by atoms with van der Waals surface area (Å²) in [4.78, 5) is 37.9. The van der Waals surface area contributed by atoms with Gasteiger partial charge in [-0.05, 0) is 48.4 Å². The molecule has 0 radical (unpaired) electrons. The van der Waals surface area contributed by atoms with E-state index in [4.69, 9.17) is 11.6 Å². The largest absolute Gasteiger partial charge is 0.416 e. The van der Waals surface area contributed by atoms with Crippen LogP contribution in [-0.4, -0.2) is 34.2 Å². The molecular weight excluding hydrogens is 487 g/mol. The van der Waals surface area contributed by atoms with Crippen LogP contribution in [0, 0.1) is 6.92 Å². The molecule has 0 saturated carbocycles. The molecule has 4 amide bonds. The van der Waals surface area contributed by atoms with E-state index in [1.807, 2.05) is 0 Å². The van der Waals surface area contributed by atoms with Crippen molar-refractivity contribution in [2.24, 2.45) is 7.05 Å². The van der Waals surface area contributed by atoms with Gasteiger partial charge in [-0.3, -0.25) is 19.6 Å². The topological polar surface area (TPSA) is 105 Å². The van der Waals surface area contributed by atoms with Crippen molar-refractivity contribution in [1.29, 1.82) is 0 Å². The fourth-order valence-electron chi connectivity index (χ4n) is 3.92. The molecule has 35 heavy (non-hydrogen) atoms. The standard InChI is InChI=1S/C23H19ClF3N5O3/c1-12-18(10-29-32(12)2)22(20(34)30-21(35)31-22)11-28-19(33)16-8-7-15(24)9-17(16)13-3-5-14(6-4-13)23(25,26)27/h3-10H,11H2,1-2H3,(H,28,33)(H2,30,31,34,35). The number of aryl methyl sites for hydroxylation is 1. The number of hydrogen-bond donors (Lipinski definition) is 3. The van der Waals surface area contributed by atoms with Crippen molar-refractivity contribution in [3.8, 4) is 11.1 Å². The summed E-state index contributed by atoms with van der Waals surface area (Å²) in [5.74, 6) is -1.27. The Kier molecular flexibility index (Phi) is 6.05. The van der Waals surface area contributed by atoms with Gasteiger partial charge in [-0.1, -0.05) is 23.7 Å². The number of carbonyl (C=O) groups excluding carboxylic acids is 3. The summed E-state index contributed by atoms with van der Waals surface area (Å²) < 4.78 is 40.4. The summed E-state index contributed by atoms with van der Waals surface area (Å²) in [6.45, 7) is 1.41. The van der Waals surface area contributed by atoms with E-state index >= 15 is 0 Å². The Morgan fingerprint density at radius 1 is 1.17 bits per heavy atom. The second kappa shape index (κ2) is 8.73. The minimum absolute atomic E-state index is 0.122. The first-order valence-corrected chi connectivity index (χ1v) is 10.7. The Morgan fingerprint density at radius 3 is 2.40 bits per heavy atom. The Bertz CT molecular complexity index is 1340. The molecule has 4 rings (SSSR count). The van der Waals surface area contributed by atoms with E-state index in [2.05, 4.69) is 21.0 Å². The van der Waals surface area contributed by atoms with E-state index in [0.29, 0.717) is 22.4 Å². The summed E-state index contributed by atoms with van der Waals surface area (Å²) in [6.07, 6.45) is -3.07. The highest BCUT2D eigenvalue weighted by atomic mass is 35.5. The minimum Gasteiger partial charge on any atom is -0.349 e. The zero-order valence-electron chi connectivity index (χ0n) is 18.5. The molecule has 1 saturated heterocycles. The first kappa shape index (κ1) is 24.3. The lowest BCUT2D eigenvalue weighted by Crippen LogP contribution is -2.52. The maximum atomic E-state index is 13.2. The molecule has 8 nitrogen and oxygen atoms in total. The molecular formula is C23H19ClF3N5O3. The van der Waals surface area contributed by atoms with Crippen LogP contribution >= 0.6 is 11.6 Å². The number of hydrogen-bond acceptors (Lipinski definition) is 4. The molecule has 0 spiro atoms. The lowest BCUT2D eigenvalue weighted by atomic mass is 9.90. The molecule has 182 valence electrons. The van der Waals surface area contributed by atoms with Gasteiger partial charge in [0, 0.05) is 28.9 Å². The molecule has 1 aliphatic rings. The van der Waals surface area contributed by atoms with Crippen LogP contribution in [0.25, 0.3) is 11.1 Å². The zero-order chi connectivity index (χ0) is 25.5. The van der Waals surface area contributed by atoms with Crippen molar-refractivity contribution in [3.63, 3.8) is 0 Å². The Morgan fingerprint density at radius 2 is 1.86 bits per heavy atom. The Balaban J connectivity index is 1.66. The highest BCUT2D eigenvalue weighted by Crippen LogP contribution is 2.33. The van der Waals surface area contributed by atoms with Gasteiger partial charge in [0.1, 0.15) is 0 Å². The summed E-state index contributed by atoms with van der Waals surface area (Å²) >= 11 is 6.09. The smallest absolute Gasteiger partial charge is 0.349 e. The first-order valence-electron chi connectivity index (χ1n) is 10.3. The lowest BCUT2D eigenvalue weighted by molar-refractivity contribution is -0.137. The SMILES string of the molecule is Cc1c(C2(CNC(=O)c3ccc(Cl)cc3-c3ccc(C(F)(F)F)cc3)NC(=O)NC2=O)cnn1C. The average Bonchev–Trinajstić information content (AvgIpc) is 3.29. The Hall–Kier alpha value is -3.86. The van der Waals surface area contributed by atoms with Crippen LogP contribution in [0.2, 0.25) is 5.02 Å². The van der Waals surface area contributed by atoms with E-state index in [1.165, 1.54) is 41.2 Å². The summed E-state index contributed by atoms with van der Waals surface area (Å²) in [5.41, 5.74) is -0.642. The van der Waals surface area contributed by atoms with Gasteiger partial charge in [0.2, 0.25) is 0 Å². The van der Waals surface area contributed by atoms with Crippen molar-refractivity contribution in [2.75, 3.05) is 6.54 Å². The van der Waals surface area contributed by atoms with Crippen LogP contribution in [0.1, 0.15) is 27.2 Å². The fourth-order valence-corrected chi connectivity index (χ4v) is 4.09. The third-order valence-corrected chi connectivity index (χ3v) is 6.14. The third-order valence-electron chi connectivity index (χ3n) is 5.90. The number of urea groups is 1. The van der Waals surface area contributed by atoms with Crippen LogP contribution in [0.3, 0.4) is 0 Å². The first-order chi connectivity index (χ1) is 16.4. The van der Waals surface area contributed by atoms with Crippen LogP contribution in [0.15, 0.2) is 48.7 Å². The number of nitrogens with zero attached hydrogens (tertiary/aromatic N) is 2. The third kappa shape index (κ3) is 4.46. The highest BCUT2D eigenvalue weighted by Gasteiger charge is 2.49. The molecule has 0 aliphatic carbocycles. The number of rotatable bonds is 5. The van der Waals surface area contributed by atoms with Gasteiger partial charge in [-0.25, -0.2) is 4.79 Å². The molecule has 1 atom stereocenters. The number of aromatic nitrogens is 2. The molecule has 2 aromatic carbocycles. The molecule has 2 heterocycles. The molecule has 3 N–H and O–H groups in total. The summed E-state index contributed by atoms with van der Waals surface area (Å²) in [7, 11) is 1.67. The number of benzene rings is 2. The number of nitrogens with one attached hydrogen (secondary N) is 3. The van der Waals surface area contributed by atoms with Crippen molar-refractivity contribution >= 4 is 29.4 Å². The monoisotopic (exact) mass is 505 g/mol. The van der Waals surface area contributed by atoms with E-state index < -0.39 is 35.1 Å². The van der Waals surface area contributed by atoms with Crippen LogP contribution < -0.4 is 16.0 Å². The number of alkyl halides is 3. The van der Waals surface area contributed by atoms with Gasteiger partial charge in [-0.15, -0.1) is 0 Å². The average molecular weight is 506 g/mol. The van der Waals surface area contributed by atoms with E-state index in [9.17, 15) is 27.6 Å². The van der Waals surface area contributed by atoms with Gasteiger partial charge in [0.05, 0.1) is 18.3 Å². The van der Waals surface area contributed by atoms with Gasteiger partial charge < -0.3 is 10.6 Å². The maximum Gasteiger partial charge on any atom is 0.416 e. The number of amides is 4. The molecule has 1 fully saturated rings. The van der Waals surface area contributed by atoms with Crippen molar-refractivity contribution in [3.05, 3.63) is 76.1 Å². The molecule has 1 aromatic heterocycles. The molecule has 1 aliphatic heterocycles. The normalized spacial score (nSPS) is 17.8. The zero-order valence-corrected chi connectivity index (χ0v) is 19.2. The van der Waals surface area contributed by atoms with E-state index in [0.717, 1.165) is 12.1 Å². The predicted molar refractivity (Wildman–Crippen MR) is 121 cm³/mol. The van der Waals surface area contributed by atoms with Crippen molar-refractivity contribution in [1.82, 2.24) is 25.7 Å². The second-order valence-electron chi connectivity index (χ2n) is 8.03. The van der Waals surface area contributed by atoms with Crippen molar-refractivity contribution in [2.45, 2.75) is 18.6 Å². The molecule has 12 heteroatoms.